The Kier molecular flexibility index (Phi) is 5.52. The van der Waals surface area contributed by atoms with Crippen LogP contribution in [0.1, 0.15) is 5.56 Å². The maximum Gasteiger partial charge on any atom is 0.234 e. The molecular formula is C21H15ClFN3O3S. The van der Waals surface area contributed by atoms with Crippen molar-refractivity contribution in [3.05, 3.63) is 89.5 Å². The van der Waals surface area contributed by atoms with Gasteiger partial charge in [0.05, 0.1) is 4.90 Å². The van der Waals surface area contributed by atoms with E-state index >= 15 is 0 Å². The number of sulfone groups is 1. The Bertz CT molecular complexity index is 1260. The van der Waals surface area contributed by atoms with Gasteiger partial charge in [0.25, 0.3) is 0 Å². The minimum Gasteiger partial charge on any atom is -0.419 e. The van der Waals surface area contributed by atoms with Crippen LogP contribution in [0.4, 0.5) is 10.3 Å². The number of nitrogens with zero attached hydrogens (tertiary/aromatic N) is 2. The van der Waals surface area contributed by atoms with Gasteiger partial charge in [0.15, 0.2) is 0 Å². The smallest absolute Gasteiger partial charge is 0.234 e. The molecule has 0 spiro atoms. The van der Waals surface area contributed by atoms with Crippen LogP contribution in [0, 0.1) is 5.82 Å². The first-order chi connectivity index (χ1) is 14.4. The number of oxazole rings is 1. The third kappa shape index (κ3) is 4.19. The molecule has 30 heavy (non-hydrogen) atoms. The zero-order chi connectivity index (χ0) is 21.1. The fourth-order valence-electron chi connectivity index (χ4n) is 2.73. The number of aromatic nitrogens is 2. The van der Waals surface area contributed by atoms with E-state index < -0.39 is 15.7 Å². The van der Waals surface area contributed by atoms with Gasteiger partial charge in [0.2, 0.25) is 26.6 Å². The monoisotopic (exact) mass is 443 g/mol. The van der Waals surface area contributed by atoms with Crippen molar-refractivity contribution in [3.63, 3.8) is 0 Å². The molecule has 6 nitrogen and oxygen atoms in total. The predicted octanol–water partition coefficient (Wildman–Crippen LogP) is 4.97. The average molecular weight is 444 g/mol. The molecule has 0 aliphatic rings. The molecule has 4 aromatic rings. The third-order valence-corrected chi connectivity index (χ3v) is 6.17. The van der Waals surface area contributed by atoms with Crippen molar-refractivity contribution in [1.29, 1.82) is 0 Å². The molecule has 0 bridgehead atoms. The quantitative estimate of drug-likeness (QED) is 0.452. The summed E-state index contributed by atoms with van der Waals surface area (Å²) in [5.74, 6) is -0.390. The van der Waals surface area contributed by atoms with Crippen molar-refractivity contribution < 1.29 is 17.2 Å². The van der Waals surface area contributed by atoms with Gasteiger partial charge in [-0.1, -0.05) is 17.7 Å². The van der Waals surface area contributed by atoms with E-state index in [2.05, 4.69) is 15.3 Å². The molecule has 0 saturated carbocycles. The Morgan fingerprint density at radius 3 is 2.43 bits per heavy atom. The Labute approximate surface area is 177 Å². The molecule has 0 aliphatic carbocycles. The van der Waals surface area contributed by atoms with Gasteiger partial charge in [-0.15, -0.1) is 0 Å². The molecule has 9 heteroatoms. The summed E-state index contributed by atoms with van der Waals surface area (Å²) in [4.78, 5) is 8.26. The Hall–Kier alpha value is -3.23. The van der Waals surface area contributed by atoms with Gasteiger partial charge in [-0.05, 0) is 60.2 Å². The highest BCUT2D eigenvalue weighted by Crippen LogP contribution is 2.33. The fraction of sp³-hybridized carbons (Fsp3) is 0.0476. The molecule has 2 aromatic heterocycles. The molecule has 0 radical (unpaired) electrons. The number of benzene rings is 2. The van der Waals surface area contributed by atoms with E-state index in [9.17, 15) is 12.8 Å². The van der Waals surface area contributed by atoms with Crippen LogP contribution in [0.3, 0.4) is 0 Å². The largest absolute Gasteiger partial charge is 0.419 e. The second-order valence-corrected chi connectivity index (χ2v) is 8.63. The number of hydrogen-bond acceptors (Lipinski definition) is 6. The number of halogens is 2. The lowest BCUT2D eigenvalue weighted by Gasteiger charge is -2.06. The SMILES string of the molecule is O=S(=O)(c1ccc(Cl)cc1)c1nc(-c2ccc(F)cc2)oc1NCc1cccnc1. The molecule has 0 unspecified atom stereocenters. The number of nitrogens with one attached hydrogen (secondary N) is 1. The second kappa shape index (κ2) is 8.25. The first kappa shape index (κ1) is 20.1. The lowest BCUT2D eigenvalue weighted by Crippen LogP contribution is -2.07. The molecule has 0 amide bonds. The second-order valence-electron chi connectivity index (χ2n) is 6.33. The van der Waals surface area contributed by atoms with E-state index in [4.69, 9.17) is 16.0 Å². The fourth-order valence-corrected chi connectivity index (χ4v) is 4.13. The van der Waals surface area contributed by atoms with Crippen molar-refractivity contribution >= 4 is 27.3 Å². The van der Waals surface area contributed by atoms with E-state index in [0.717, 1.165) is 5.56 Å². The van der Waals surface area contributed by atoms with Crippen LogP contribution >= 0.6 is 11.6 Å². The summed E-state index contributed by atoms with van der Waals surface area (Å²) in [6.07, 6.45) is 3.29. The van der Waals surface area contributed by atoms with Crippen LogP contribution in [0.15, 0.2) is 87.4 Å². The van der Waals surface area contributed by atoms with Gasteiger partial charge in [-0.2, -0.15) is 4.98 Å². The topological polar surface area (TPSA) is 85.1 Å². The van der Waals surface area contributed by atoms with Gasteiger partial charge in [-0.25, -0.2) is 12.8 Å². The minimum absolute atomic E-state index is 0.0203. The summed E-state index contributed by atoms with van der Waals surface area (Å²) in [5, 5.41) is 3.11. The van der Waals surface area contributed by atoms with Crippen molar-refractivity contribution in [2.45, 2.75) is 16.5 Å². The molecule has 0 atom stereocenters. The predicted molar refractivity (Wildman–Crippen MR) is 110 cm³/mol. The molecule has 4 rings (SSSR count). The van der Waals surface area contributed by atoms with E-state index in [1.54, 1.807) is 18.5 Å². The highest BCUT2D eigenvalue weighted by Gasteiger charge is 2.28. The molecule has 2 aromatic carbocycles. The van der Waals surface area contributed by atoms with Crippen LogP contribution in [0.5, 0.6) is 0 Å². The van der Waals surface area contributed by atoms with Crippen LogP contribution in [-0.2, 0) is 16.4 Å². The lowest BCUT2D eigenvalue weighted by atomic mass is 10.2. The molecule has 152 valence electrons. The first-order valence-electron chi connectivity index (χ1n) is 8.84. The van der Waals surface area contributed by atoms with Crippen molar-refractivity contribution in [2.24, 2.45) is 0 Å². The van der Waals surface area contributed by atoms with Crippen molar-refractivity contribution in [1.82, 2.24) is 9.97 Å². The van der Waals surface area contributed by atoms with Crippen LogP contribution in [0.25, 0.3) is 11.5 Å². The molecule has 0 aliphatic heterocycles. The zero-order valence-corrected chi connectivity index (χ0v) is 17.0. The molecular weight excluding hydrogens is 429 g/mol. The summed E-state index contributed by atoms with van der Waals surface area (Å²) < 4.78 is 45.4. The molecule has 2 heterocycles. The summed E-state index contributed by atoms with van der Waals surface area (Å²) >= 11 is 5.88. The number of hydrogen-bond donors (Lipinski definition) is 1. The van der Waals surface area contributed by atoms with Gasteiger partial charge in [-0.3, -0.25) is 4.98 Å². The van der Waals surface area contributed by atoms with Gasteiger partial charge in [0.1, 0.15) is 5.82 Å². The van der Waals surface area contributed by atoms with E-state index in [1.807, 2.05) is 6.07 Å². The molecule has 0 saturated heterocycles. The van der Waals surface area contributed by atoms with Gasteiger partial charge in [0, 0.05) is 29.5 Å². The Balaban J connectivity index is 1.76. The van der Waals surface area contributed by atoms with E-state index in [0.29, 0.717) is 10.6 Å². The van der Waals surface area contributed by atoms with E-state index in [1.165, 1.54) is 48.5 Å². The lowest BCUT2D eigenvalue weighted by molar-refractivity contribution is 0.576. The molecule has 1 N–H and O–H groups in total. The zero-order valence-electron chi connectivity index (χ0n) is 15.4. The highest BCUT2D eigenvalue weighted by atomic mass is 35.5. The van der Waals surface area contributed by atoms with Crippen LogP contribution in [-0.4, -0.2) is 18.4 Å². The Morgan fingerprint density at radius 2 is 1.77 bits per heavy atom. The highest BCUT2D eigenvalue weighted by molar-refractivity contribution is 7.91. The maximum atomic E-state index is 13.3. The Morgan fingerprint density at radius 1 is 1.03 bits per heavy atom. The summed E-state index contributed by atoms with van der Waals surface area (Å²) in [5.41, 5.74) is 1.27. The van der Waals surface area contributed by atoms with Crippen LogP contribution < -0.4 is 5.32 Å². The van der Waals surface area contributed by atoms with Gasteiger partial charge < -0.3 is 9.73 Å². The third-order valence-electron chi connectivity index (χ3n) is 4.24. The standard InChI is InChI=1S/C21H15ClFN3O3S/c22-16-5-9-18(10-6-16)30(27,28)21-20(25-13-14-2-1-11-24-12-14)29-19(26-21)15-3-7-17(23)8-4-15/h1-12,25H,13H2. The van der Waals surface area contributed by atoms with Crippen molar-refractivity contribution in [3.8, 4) is 11.5 Å². The summed E-state index contributed by atoms with van der Waals surface area (Å²) in [6, 6.07) is 14.8. The number of pyridine rings is 1. The van der Waals surface area contributed by atoms with E-state index in [-0.39, 0.29) is 28.2 Å². The average Bonchev–Trinajstić information content (AvgIpc) is 3.19. The summed E-state index contributed by atoms with van der Waals surface area (Å²) in [7, 11) is -4.00. The number of rotatable bonds is 6. The van der Waals surface area contributed by atoms with Gasteiger partial charge >= 0.3 is 0 Å². The van der Waals surface area contributed by atoms with Crippen molar-refractivity contribution in [2.75, 3.05) is 5.32 Å². The minimum atomic E-state index is -4.00. The van der Waals surface area contributed by atoms with Crippen LogP contribution in [0.2, 0.25) is 5.02 Å². The maximum absolute atomic E-state index is 13.3. The summed E-state index contributed by atoms with van der Waals surface area (Å²) in [6.45, 7) is 0.273. The number of anilines is 1. The molecule has 0 fully saturated rings. The first-order valence-corrected chi connectivity index (χ1v) is 10.7. The normalized spacial score (nSPS) is 11.4.